The first-order chi connectivity index (χ1) is 7.00. The molecule has 2 rings (SSSR count). The molecule has 0 aromatic carbocycles. The van der Waals surface area contributed by atoms with Crippen molar-refractivity contribution in [1.29, 1.82) is 0 Å². The molecule has 6 nitrogen and oxygen atoms in total. The molecule has 0 spiro atoms. The van der Waals surface area contributed by atoms with E-state index < -0.39 is 9.84 Å². The van der Waals surface area contributed by atoms with Gasteiger partial charge in [0.25, 0.3) is 0 Å². The van der Waals surface area contributed by atoms with Gasteiger partial charge in [0.15, 0.2) is 14.6 Å². The Kier molecular flexibility index (Phi) is 2.55. The zero-order valence-corrected chi connectivity index (χ0v) is 9.64. The summed E-state index contributed by atoms with van der Waals surface area (Å²) in [6.45, 7) is 0.309. The highest BCUT2D eigenvalue weighted by Gasteiger charge is 2.31. The quantitative estimate of drug-likeness (QED) is 0.724. The molecular weight excluding hydrogens is 236 g/mol. The van der Waals surface area contributed by atoms with Gasteiger partial charge in [0.1, 0.15) is 0 Å². The highest BCUT2D eigenvalue weighted by Crippen LogP contribution is 2.22. The van der Waals surface area contributed by atoms with Crippen LogP contribution in [0.25, 0.3) is 0 Å². The molecule has 84 valence electrons. The summed E-state index contributed by atoms with van der Waals surface area (Å²) in [5.41, 5.74) is 5.57. The van der Waals surface area contributed by atoms with E-state index in [0.29, 0.717) is 17.7 Å². The standard InChI is InChI=1S/C7H12N4O2S2/c8-6-9-10-7(14)11(6)4-5-2-1-3-15(5,12)13/h5H,1-4H2,(H2,8,9)(H,10,14). The molecule has 1 aliphatic rings. The Hall–Kier alpha value is -0.890. The fourth-order valence-electron chi connectivity index (χ4n) is 1.77. The van der Waals surface area contributed by atoms with Crippen LogP contribution in [0.15, 0.2) is 0 Å². The number of H-pyrrole nitrogens is 1. The van der Waals surface area contributed by atoms with Gasteiger partial charge in [0.05, 0.1) is 11.0 Å². The van der Waals surface area contributed by atoms with Gasteiger partial charge in [-0.25, -0.2) is 13.5 Å². The number of nitrogens with zero attached hydrogens (tertiary/aromatic N) is 2. The summed E-state index contributed by atoms with van der Waals surface area (Å²) in [7, 11) is -2.96. The third-order valence-corrected chi connectivity index (χ3v) is 5.21. The highest BCUT2D eigenvalue weighted by atomic mass is 32.2. The number of nitrogens with two attached hydrogens (primary N) is 1. The molecule has 0 aliphatic carbocycles. The number of nitrogen functional groups attached to an aromatic ring is 1. The normalized spacial score (nSPS) is 24.4. The molecule has 1 aromatic heterocycles. The van der Waals surface area contributed by atoms with Gasteiger partial charge in [-0.1, -0.05) is 0 Å². The second kappa shape index (κ2) is 3.60. The number of aromatic nitrogens is 3. The van der Waals surface area contributed by atoms with Crippen LogP contribution < -0.4 is 5.73 Å². The van der Waals surface area contributed by atoms with Crippen molar-refractivity contribution >= 4 is 28.0 Å². The van der Waals surface area contributed by atoms with E-state index in [4.69, 9.17) is 18.0 Å². The van der Waals surface area contributed by atoms with Crippen molar-refractivity contribution < 1.29 is 8.42 Å². The van der Waals surface area contributed by atoms with Crippen molar-refractivity contribution in [2.45, 2.75) is 24.6 Å². The van der Waals surface area contributed by atoms with Crippen molar-refractivity contribution in [2.24, 2.45) is 0 Å². The largest absolute Gasteiger partial charge is 0.368 e. The predicted molar refractivity (Wildman–Crippen MR) is 58.6 cm³/mol. The third-order valence-electron chi connectivity index (χ3n) is 2.64. The number of nitrogens with one attached hydrogen (secondary N) is 1. The SMILES string of the molecule is Nc1n[nH]c(=S)n1CC1CCCS1(=O)=O. The van der Waals surface area contributed by atoms with Gasteiger partial charge in [0.2, 0.25) is 5.95 Å². The molecule has 1 fully saturated rings. The minimum absolute atomic E-state index is 0.238. The smallest absolute Gasteiger partial charge is 0.220 e. The molecule has 1 aromatic rings. The lowest BCUT2D eigenvalue weighted by atomic mass is 10.2. The molecule has 1 atom stereocenters. The maximum absolute atomic E-state index is 11.6. The van der Waals surface area contributed by atoms with Gasteiger partial charge in [-0.15, -0.1) is 5.10 Å². The summed E-state index contributed by atoms with van der Waals surface area (Å²) in [6.07, 6.45) is 1.40. The monoisotopic (exact) mass is 248 g/mol. The van der Waals surface area contributed by atoms with Crippen LogP contribution in [0.3, 0.4) is 0 Å². The molecule has 3 N–H and O–H groups in total. The zero-order chi connectivity index (χ0) is 11.1. The maximum atomic E-state index is 11.6. The molecule has 0 bridgehead atoms. The summed E-state index contributed by atoms with van der Waals surface area (Å²) in [4.78, 5) is 0. The molecule has 1 unspecified atom stereocenters. The van der Waals surface area contributed by atoms with Crippen LogP contribution in [-0.2, 0) is 16.4 Å². The number of hydrogen-bond donors (Lipinski definition) is 2. The van der Waals surface area contributed by atoms with E-state index in [9.17, 15) is 8.42 Å². The Bertz CT molecular complexity index is 515. The van der Waals surface area contributed by atoms with E-state index in [2.05, 4.69) is 10.2 Å². The van der Waals surface area contributed by atoms with Crippen LogP contribution in [0.4, 0.5) is 5.95 Å². The van der Waals surface area contributed by atoms with Crippen molar-refractivity contribution in [3.8, 4) is 0 Å². The van der Waals surface area contributed by atoms with E-state index in [1.807, 2.05) is 0 Å². The molecule has 0 amide bonds. The Morgan fingerprint density at radius 3 is 2.87 bits per heavy atom. The van der Waals surface area contributed by atoms with Crippen LogP contribution in [0.1, 0.15) is 12.8 Å². The number of hydrogen-bond acceptors (Lipinski definition) is 5. The van der Waals surface area contributed by atoms with Gasteiger partial charge < -0.3 is 5.73 Å². The molecule has 2 heterocycles. The number of sulfone groups is 1. The summed E-state index contributed by atoms with van der Waals surface area (Å²) in [6, 6.07) is 0. The van der Waals surface area contributed by atoms with Crippen molar-refractivity contribution in [2.75, 3.05) is 11.5 Å². The lowest BCUT2D eigenvalue weighted by molar-refractivity contribution is 0.566. The van der Waals surface area contributed by atoms with Crippen LogP contribution >= 0.6 is 12.2 Å². The van der Waals surface area contributed by atoms with Crippen molar-refractivity contribution in [1.82, 2.24) is 14.8 Å². The third kappa shape index (κ3) is 1.91. The van der Waals surface area contributed by atoms with Crippen LogP contribution in [0.5, 0.6) is 0 Å². The van der Waals surface area contributed by atoms with Gasteiger partial charge >= 0.3 is 0 Å². The van der Waals surface area contributed by atoms with Crippen LogP contribution in [0, 0.1) is 4.77 Å². The summed E-state index contributed by atoms with van der Waals surface area (Å²) in [5.74, 6) is 0.505. The van der Waals surface area contributed by atoms with E-state index in [1.54, 1.807) is 0 Å². The predicted octanol–water partition coefficient (Wildman–Crippen LogP) is 0.100. The molecule has 8 heteroatoms. The van der Waals surface area contributed by atoms with E-state index in [-0.39, 0.29) is 17.0 Å². The molecule has 0 saturated carbocycles. The first-order valence-electron chi connectivity index (χ1n) is 4.63. The Balaban J connectivity index is 2.27. The van der Waals surface area contributed by atoms with Gasteiger partial charge in [0, 0.05) is 6.54 Å². The molecule has 1 saturated heterocycles. The number of anilines is 1. The summed E-state index contributed by atoms with van der Waals surface area (Å²) in [5, 5.41) is 5.90. The first kappa shape index (κ1) is 10.6. The van der Waals surface area contributed by atoms with E-state index >= 15 is 0 Å². The zero-order valence-electron chi connectivity index (χ0n) is 8.01. The molecular formula is C7H12N4O2S2. The first-order valence-corrected chi connectivity index (χ1v) is 6.75. The highest BCUT2D eigenvalue weighted by molar-refractivity contribution is 7.92. The second-order valence-electron chi connectivity index (χ2n) is 3.63. The molecule has 1 aliphatic heterocycles. The minimum atomic E-state index is -2.96. The van der Waals surface area contributed by atoms with Gasteiger partial charge in [-0.3, -0.25) is 4.57 Å². The van der Waals surface area contributed by atoms with Crippen molar-refractivity contribution in [3.63, 3.8) is 0 Å². The minimum Gasteiger partial charge on any atom is -0.368 e. The fraction of sp³-hybridized carbons (Fsp3) is 0.714. The van der Waals surface area contributed by atoms with Crippen LogP contribution in [-0.4, -0.2) is 34.2 Å². The lowest BCUT2D eigenvalue weighted by Crippen LogP contribution is -2.23. The molecule has 15 heavy (non-hydrogen) atoms. The van der Waals surface area contributed by atoms with Gasteiger partial charge in [-0.05, 0) is 25.1 Å². The average molecular weight is 248 g/mol. The number of rotatable bonds is 2. The van der Waals surface area contributed by atoms with Gasteiger partial charge in [-0.2, -0.15) is 0 Å². The number of aromatic amines is 1. The maximum Gasteiger partial charge on any atom is 0.220 e. The average Bonchev–Trinajstić information content (AvgIpc) is 2.63. The Morgan fingerprint density at radius 2 is 2.40 bits per heavy atom. The topological polar surface area (TPSA) is 93.8 Å². The van der Waals surface area contributed by atoms with Crippen LogP contribution in [0.2, 0.25) is 0 Å². The van der Waals surface area contributed by atoms with Crippen molar-refractivity contribution in [3.05, 3.63) is 4.77 Å². The molecule has 0 radical (unpaired) electrons. The van der Waals surface area contributed by atoms with E-state index in [1.165, 1.54) is 4.57 Å². The summed E-state index contributed by atoms with van der Waals surface area (Å²) < 4.78 is 25.1. The lowest BCUT2D eigenvalue weighted by Gasteiger charge is -2.10. The Morgan fingerprint density at radius 1 is 1.67 bits per heavy atom. The Labute approximate surface area is 92.4 Å². The summed E-state index contributed by atoms with van der Waals surface area (Å²) >= 11 is 4.95. The fourth-order valence-corrected chi connectivity index (χ4v) is 3.79. The van der Waals surface area contributed by atoms with E-state index in [0.717, 1.165) is 6.42 Å². The second-order valence-corrected chi connectivity index (χ2v) is 6.42.